The number of likely N-dealkylation sites (N-methyl/N-ethyl adjacent to an activating group) is 1. The third kappa shape index (κ3) is 4.06. The highest BCUT2D eigenvalue weighted by Gasteiger charge is 2.07. The maximum atomic E-state index is 9.34. The highest BCUT2D eigenvalue weighted by atomic mass is 79.9. The Balaban J connectivity index is 2.37. The van der Waals surface area contributed by atoms with Crippen molar-refractivity contribution in [3.8, 4) is 0 Å². The number of nitrogens with two attached hydrogens (primary N) is 1. The Kier molecular flexibility index (Phi) is 5.05. The van der Waals surface area contributed by atoms with E-state index in [1.165, 1.54) is 5.56 Å². The van der Waals surface area contributed by atoms with Crippen molar-refractivity contribution in [3.05, 3.63) is 20.8 Å². The molecule has 1 heterocycles. The van der Waals surface area contributed by atoms with Gasteiger partial charge in [-0.05, 0) is 40.0 Å². The monoisotopic (exact) mass is 278 g/mol. The largest absolute Gasteiger partial charge is 0.390 e. The number of hydrogen-bond donors (Lipinski definition) is 2. The van der Waals surface area contributed by atoms with Crippen LogP contribution in [0.1, 0.15) is 5.56 Å². The van der Waals surface area contributed by atoms with Crippen LogP contribution in [-0.4, -0.2) is 36.2 Å². The number of aliphatic hydroxyl groups is 1. The van der Waals surface area contributed by atoms with Crippen molar-refractivity contribution in [1.29, 1.82) is 0 Å². The molecule has 0 saturated carbocycles. The minimum absolute atomic E-state index is 0.317. The fourth-order valence-electron chi connectivity index (χ4n) is 1.24. The number of rotatable bonds is 5. The molecule has 1 rings (SSSR count). The van der Waals surface area contributed by atoms with E-state index in [0.717, 1.165) is 10.3 Å². The molecule has 1 atom stereocenters. The lowest BCUT2D eigenvalue weighted by Crippen LogP contribution is -2.33. The Morgan fingerprint density at radius 3 is 2.93 bits per heavy atom. The quantitative estimate of drug-likeness (QED) is 0.853. The molecule has 14 heavy (non-hydrogen) atoms. The highest BCUT2D eigenvalue weighted by Crippen LogP contribution is 2.21. The van der Waals surface area contributed by atoms with E-state index in [2.05, 4.69) is 32.3 Å². The van der Waals surface area contributed by atoms with Gasteiger partial charge in [0.25, 0.3) is 0 Å². The first-order valence-corrected chi connectivity index (χ1v) is 6.08. The van der Waals surface area contributed by atoms with Crippen molar-refractivity contribution in [3.63, 3.8) is 0 Å². The SMILES string of the molecule is CN(Cc1csc(Br)c1)CC(O)CN. The van der Waals surface area contributed by atoms with Crippen LogP contribution in [0.2, 0.25) is 0 Å². The number of thiophene rings is 1. The van der Waals surface area contributed by atoms with Crippen molar-refractivity contribution in [1.82, 2.24) is 4.90 Å². The first-order chi connectivity index (χ1) is 6.61. The van der Waals surface area contributed by atoms with Gasteiger partial charge >= 0.3 is 0 Å². The van der Waals surface area contributed by atoms with Gasteiger partial charge in [-0.3, -0.25) is 4.90 Å². The molecule has 0 saturated heterocycles. The average molecular weight is 279 g/mol. The molecule has 80 valence electrons. The standard InChI is InChI=1S/C9H15BrN2OS/c1-12(5-8(13)3-11)4-7-2-9(10)14-6-7/h2,6,8,13H,3-5,11H2,1H3. The summed E-state index contributed by atoms with van der Waals surface area (Å²) in [6.45, 7) is 1.78. The fraction of sp³-hybridized carbons (Fsp3) is 0.556. The second-order valence-corrected chi connectivity index (χ2v) is 5.64. The van der Waals surface area contributed by atoms with Crippen LogP contribution >= 0.6 is 27.3 Å². The average Bonchev–Trinajstić information content (AvgIpc) is 2.50. The number of aliphatic hydroxyl groups excluding tert-OH is 1. The van der Waals surface area contributed by atoms with Crippen LogP contribution in [-0.2, 0) is 6.54 Å². The predicted octanol–water partition coefficient (Wildman–Crippen LogP) is 1.26. The summed E-state index contributed by atoms with van der Waals surface area (Å²) in [5.74, 6) is 0. The molecule has 3 N–H and O–H groups in total. The van der Waals surface area contributed by atoms with Gasteiger partial charge in [0.15, 0.2) is 0 Å². The second kappa shape index (κ2) is 5.82. The van der Waals surface area contributed by atoms with E-state index < -0.39 is 6.10 Å². The molecule has 1 unspecified atom stereocenters. The van der Waals surface area contributed by atoms with Crippen molar-refractivity contribution >= 4 is 27.3 Å². The molecule has 0 aliphatic heterocycles. The molecule has 3 nitrogen and oxygen atoms in total. The van der Waals surface area contributed by atoms with Gasteiger partial charge in [-0.2, -0.15) is 0 Å². The van der Waals surface area contributed by atoms with Crippen LogP contribution in [0, 0.1) is 0 Å². The Labute approximate surface area is 96.7 Å². The molecule has 0 amide bonds. The topological polar surface area (TPSA) is 49.5 Å². The predicted molar refractivity (Wildman–Crippen MR) is 63.4 cm³/mol. The highest BCUT2D eigenvalue weighted by molar-refractivity contribution is 9.11. The Morgan fingerprint density at radius 2 is 2.43 bits per heavy atom. The molecule has 1 aromatic rings. The van der Waals surface area contributed by atoms with Gasteiger partial charge in [0.05, 0.1) is 9.89 Å². The fourth-order valence-corrected chi connectivity index (χ4v) is 2.44. The van der Waals surface area contributed by atoms with Gasteiger partial charge in [-0.25, -0.2) is 0 Å². The summed E-state index contributed by atoms with van der Waals surface area (Å²) in [6.07, 6.45) is -0.429. The van der Waals surface area contributed by atoms with Crippen LogP contribution in [0.5, 0.6) is 0 Å². The van der Waals surface area contributed by atoms with Crippen LogP contribution in [0.4, 0.5) is 0 Å². The zero-order valence-electron chi connectivity index (χ0n) is 8.11. The molecule has 0 fully saturated rings. The molecule has 0 radical (unpaired) electrons. The van der Waals surface area contributed by atoms with Crippen molar-refractivity contribution in [2.75, 3.05) is 20.1 Å². The van der Waals surface area contributed by atoms with Crippen LogP contribution in [0.25, 0.3) is 0 Å². The summed E-state index contributed by atoms with van der Waals surface area (Å²) in [4.78, 5) is 2.06. The van der Waals surface area contributed by atoms with Gasteiger partial charge in [0.1, 0.15) is 0 Å². The summed E-state index contributed by atoms with van der Waals surface area (Å²) < 4.78 is 1.14. The van der Waals surface area contributed by atoms with E-state index in [1.54, 1.807) is 11.3 Å². The van der Waals surface area contributed by atoms with Gasteiger partial charge in [0, 0.05) is 19.6 Å². The first kappa shape index (κ1) is 12.1. The second-order valence-electron chi connectivity index (χ2n) is 3.35. The lowest BCUT2D eigenvalue weighted by Gasteiger charge is -2.18. The summed E-state index contributed by atoms with van der Waals surface area (Å²) in [5.41, 5.74) is 6.59. The van der Waals surface area contributed by atoms with Crippen LogP contribution in [0.15, 0.2) is 15.2 Å². The van der Waals surface area contributed by atoms with Gasteiger partial charge in [-0.1, -0.05) is 0 Å². The third-order valence-corrected chi connectivity index (χ3v) is 3.42. The van der Waals surface area contributed by atoms with E-state index in [4.69, 9.17) is 5.73 Å². The van der Waals surface area contributed by atoms with E-state index in [9.17, 15) is 5.11 Å². The number of hydrogen-bond acceptors (Lipinski definition) is 4. The van der Waals surface area contributed by atoms with Gasteiger partial charge in [-0.15, -0.1) is 11.3 Å². The van der Waals surface area contributed by atoms with E-state index >= 15 is 0 Å². The third-order valence-electron chi connectivity index (χ3n) is 1.87. The molecule has 0 aliphatic rings. The summed E-state index contributed by atoms with van der Waals surface area (Å²) in [5, 5.41) is 11.4. The molecule has 0 spiro atoms. The lowest BCUT2D eigenvalue weighted by molar-refractivity contribution is 0.129. The Hall–Kier alpha value is 0.0600. The molecular formula is C9H15BrN2OS. The van der Waals surface area contributed by atoms with E-state index in [0.29, 0.717) is 13.1 Å². The van der Waals surface area contributed by atoms with Crippen LogP contribution in [0.3, 0.4) is 0 Å². The number of nitrogens with zero attached hydrogens (tertiary/aromatic N) is 1. The van der Waals surface area contributed by atoms with Crippen molar-refractivity contribution in [2.24, 2.45) is 5.73 Å². The first-order valence-electron chi connectivity index (χ1n) is 4.41. The molecule has 0 bridgehead atoms. The molecular weight excluding hydrogens is 264 g/mol. The zero-order chi connectivity index (χ0) is 10.6. The van der Waals surface area contributed by atoms with Crippen molar-refractivity contribution in [2.45, 2.75) is 12.6 Å². The Bertz CT molecular complexity index is 280. The molecule has 0 aromatic carbocycles. The van der Waals surface area contributed by atoms with Crippen LogP contribution < -0.4 is 5.73 Å². The van der Waals surface area contributed by atoms with E-state index in [1.807, 2.05) is 7.05 Å². The summed E-state index contributed by atoms with van der Waals surface area (Å²) in [7, 11) is 1.98. The summed E-state index contributed by atoms with van der Waals surface area (Å²) >= 11 is 5.09. The molecule has 0 aliphatic carbocycles. The zero-order valence-corrected chi connectivity index (χ0v) is 10.5. The minimum Gasteiger partial charge on any atom is -0.390 e. The summed E-state index contributed by atoms with van der Waals surface area (Å²) in [6, 6.07) is 2.09. The number of halogens is 1. The van der Waals surface area contributed by atoms with Crippen molar-refractivity contribution < 1.29 is 5.11 Å². The maximum Gasteiger partial charge on any atom is 0.0789 e. The van der Waals surface area contributed by atoms with Gasteiger partial charge < -0.3 is 10.8 Å². The maximum absolute atomic E-state index is 9.34. The minimum atomic E-state index is -0.429. The smallest absolute Gasteiger partial charge is 0.0789 e. The molecule has 1 aromatic heterocycles. The Morgan fingerprint density at radius 1 is 1.71 bits per heavy atom. The van der Waals surface area contributed by atoms with Gasteiger partial charge in [0.2, 0.25) is 0 Å². The normalized spacial score (nSPS) is 13.5. The van der Waals surface area contributed by atoms with E-state index in [-0.39, 0.29) is 0 Å². The lowest BCUT2D eigenvalue weighted by atomic mass is 10.3. The molecule has 5 heteroatoms.